The second-order valence-corrected chi connectivity index (χ2v) is 7.20. The van der Waals surface area contributed by atoms with Gasteiger partial charge in [-0.3, -0.25) is 4.79 Å². The van der Waals surface area contributed by atoms with Gasteiger partial charge in [-0.15, -0.1) is 11.8 Å². The van der Waals surface area contributed by atoms with E-state index in [0.29, 0.717) is 11.3 Å². The molecule has 1 saturated heterocycles. The van der Waals surface area contributed by atoms with Gasteiger partial charge in [0.15, 0.2) is 0 Å². The maximum absolute atomic E-state index is 12.9. The van der Waals surface area contributed by atoms with E-state index in [1.165, 1.54) is 16.7 Å². The molecule has 0 unspecified atom stereocenters. The summed E-state index contributed by atoms with van der Waals surface area (Å²) in [5.74, 6) is -0.845. The fourth-order valence-electron chi connectivity index (χ4n) is 2.56. The van der Waals surface area contributed by atoms with E-state index in [0.717, 1.165) is 10.0 Å². The van der Waals surface area contributed by atoms with Crippen molar-refractivity contribution in [1.29, 1.82) is 0 Å². The molecule has 3 rings (SSSR count). The summed E-state index contributed by atoms with van der Waals surface area (Å²) in [6, 6.07) is 15.7. The molecule has 1 aliphatic heterocycles. The van der Waals surface area contributed by atoms with Gasteiger partial charge in [0.2, 0.25) is 0 Å². The van der Waals surface area contributed by atoms with Crippen LogP contribution >= 0.6 is 27.7 Å². The van der Waals surface area contributed by atoms with E-state index in [2.05, 4.69) is 15.9 Å². The molecule has 1 fully saturated rings. The summed E-state index contributed by atoms with van der Waals surface area (Å²) >= 11 is 4.82. The first-order valence-corrected chi connectivity index (χ1v) is 8.89. The van der Waals surface area contributed by atoms with Gasteiger partial charge < -0.3 is 10.0 Å². The number of benzene rings is 2. The maximum atomic E-state index is 12.9. The molecular weight excluding hydrogens is 378 g/mol. The average molecular weight is 392 g/mol. The third-order valence-electron chi connectivity index (χ3n) is 3.70. The van der Waals surface area contributed by atoms with Crippen LogP contribution in [0.5, 0.6) is 0 Å². The van der Waals surface area contributed by atoms with Crippen molar-refractivity contribution in [2.24, 2.45) is 0 Å². The van der Waals surface area contributed by atoms with E-state index in [1.807, 2.05) is 30.3 Å². The van der Waals surface area contributed by atoms with Crippen molar-refractivity contribution in [2.45, 2.75) is 11.4 Å². The highest BCUT2D eigenvalue weighted by Gasteiger charge is 2.42. The first kappa shape index (κ1) is 16.1. The van der Waals surface area contributed by atoms with E-state index >= 15 is 0 Å². The number of carboxylic acids is 1. The molecule has 2 aromatic carbocycles. The van der Waals surface area contributed by atoms with Crippen molar-refractivity contribution in [2.75, 3.05) is 5.75 Å². The molecule has 2 aromatic rings. The van der Waals surface area contributed by atoms with Crippen molar-refractivity contribution in [1.82, 2.24) is 4.90 Å². The van der Waals surface area contributed by atoms with Crippen LogP contribution in [0.15, 0.2) is 59.1 Å². The molecule has 2 atom stereocenters. The molecule has 0 radical (unpaired) electrons. The van der Waals surface area contributed by atoms with Crippen molar-refractivity contribution in [3.05, 3.63) is 70.2 Å². The molecular formula is C17H14BrNO3S. The standard InChI is InChI=1S/C17H14BrNO3S/c18-13-8-6-11(7-9-13)15(20)19-14(17(21)22)10-23-16(19)12-4-2-1-3-5-12/h1-9,14,16H,10H2,(H,21,22)/t14-,16+/m0/s1. The predicted octanol–water partition coefficient (Wildman–Crippen LogP) is 3.79. The van der Waals surface area contributed by atoms with Crippen LogP contribution in [-0.4, -0.2) is 33.7 Å². The van der Waals surface area contributed by atoms with Crippen LogP contribution in [0, 0.1) is 0 Å². The van der Waals surface area contributed by atoms with Gasteiger partial charge in [0.25, 0.3) is 5.91 Å². The van der Waals surface area contributed by atoms with Crippen LogP contribution in [0.25, 0.3) is 0 Å². The minimum Gasteiger partial charge on any atom is -0.480 e. The van der Waals surface area contributed by atoms with Gasteiger partial charge in [0.1, 0.15) is 11.4 Å². The lowest BCUT2D eigenvalue weighted by molar-refractivity contribution is -0.141. The molecule has 1 aliphatic rings. The number of hydrogen-bond acceptors (Lipinski definition) is 3. The number of amides is 1. The number of nitrogens with zero attached hydrogens (tertiary/aromatic N) is 1. The lowest BCUT2D eigenvalue weighted by atomic mass is 10.1. The summed E-state index contributed by atoms with van der Waals surface area (Å²) in [6.07, 6.45) is 0. The number of carbonyl (C=O) groups excluding carboxylic acids is 1. The molecule has 0 saturated carbocycles. The number of thioether (sulfide) groups is 1. The Kier molecular flexibility index (Phi) is 4.73. The van der Waals surface area contributed by atoms with Gasteiger partial charge in [0, 0.05) is 15.8 Å². The Morgan fingerprint density at radius 2 is 1.74 bits per heavy atom. The minimum atomic E-state index is -0.971. The van der Waals surface area contributed by atoms with Crippen molar-refractivity contribution >= 4 is 39.6 Å². The van der Waals surface area contributed by atoms with Gasteiger partial charge in [-0.1, -0.05) is 46.3 Å². The topological polar surface area (TPSA) is 57.6 Å². The van der Waals surface area contributed by atoms with E-state index < -0.39 is 12.0 Å². The second kappa shape index (κ2) is 6.76. The Hall–Kier alpha value is -1.79. The third kappa shape index (κ3) is 3.28. The van der Waals surface area contributed by atoms with E-state index in [4.69, 9.17) is 0 Å². The summed E-state index contributed by atoms with van der Waals surface area (Å²) in [7, 11) is 0. The van der Waals surface area contributed by atoms with Crippen LogP contribution in [-0.2, 0) is 4.79 Å². The maximum Gasteiger partial charge on any atom is 0.327 e. The SMILES string of the molecule is O=C(O)[C@@H]1CS[C@H](c2ccccc2)N1C(=O)c1ccc(Br)cc1. The largest absolute Gasteiger partial charge is 0.480 e. The minimum absolute atomic E-state index is 0.260. The Labute approximate surface area is 146 Å². The second-order valence-electron chi connectivity index (χ2n) is 5.17. The van der Waals surface area contributed by atoms with Crippen molar-refractivity contribution in [3.63, 3.8) is 0 Å². The number of rotatable bonds is 3. The molecule has 1 amide bonds. The lowest BCUT2D eigenvalue weighted by Gasteiger charge is -2.27. The fraction of sp³-hybridized carbons (Fsp3) is 0.176. The number of aliphatic carboxylic acids is 1. The van der Waals surface area contributed by atoms with E-state index in [9.17, 15) is 14.7 Å². The highest BCUT2D eigenvalue weighted by atomic mass is 79.9. The molecule has 1 N–H and O–H groups in total. The Bertz CT molecular complexity index is 720. The van der Waals surface area contributed by atoms with Gasteiger partial charge in [-0.05, 0) is 29.8 Å². The number of halogens is 1. The Balaban J connectivity index is 1.97. The van der Waals surface area contributed by atoms with Gasteiger partial charge in [0.05, 0.1) is 0 Å². The molecule has 0 bridgehead atoms. The summed E-state index contributed by atoms with van der Waals surface area (Å²) in [6.45, 7) is 0. The van der Waals surface area contributed by atoms with Crippen LogP contribution in [0.3, 0.4) is 0 Å². The zero-order valence-corrected chi connectivity index (χ0v) is 14.5. The normalized spacial score (nSPS) is 20.5. The summed E-state index contributed by atoms with van der Waals surface area (Å²) in [5.41, 5.74) is 1.43. The first-order valence-electron chi connectivity index (χ1n) is 7.05. The first-order chi connectivity index (χ1) is 11.1. The van der Waals surface area contributed by atoms with Gasteiger partial charge in [-0.2, -0.15) is 0 Å². The Morgan fingerprint density at radius 1 is 1.09 bits per heavy atom. The molecule has 0 spiro atoms. The number of carbonyl (C=O) groups is 2. The van der Waals surface area contributed by atoms with Crippen LogP contribution in [0.1, 0.15) is 21.3 Å². The number of carboxylic acid groups (broad SMARTS) is 1. The monoisotopic (exact) mass is 391 g/mol. The third-order valence-corrected chi connectivity index (χ3v) is 5.55. The van der Waals surface area contributed by atoms with E-state index in [1.54, 1.807) is 24.3 Å². The van der Waals surface area contributed by atoms with Crippen LogP contribution in [0.2, 0.25) is 0 Å². The fourth-order valence-corrected chi connectivity index (χ4v) is 4.25. The Morgan fingerprint density at radius 3 is 2.35 bits per heavy atom. The summed E-state index contributed by atoms with van der Waals surface area (Å²) < 4.78 is 0.874. The molecule has 0 aliphatic carbocycles. The molecule has 0 aromatic heterocycles. The molecule has 118 valence electrons. The van der Waals surface area contributed by atoms with Crippen LogP contribution in [0.4, 0.5) is 0 Å². The van der Waals surface area contributed by atoms with Crippen molar-refractivity contribution < 1.29 is 14.7 Å². The highest BCUT2D eigenvalue weighted by molar-refractivity contribution is 9.10. The zero-order chi connectivity index (χ0) is 16.4. The van der Waals surface area contributed by atoms with Crippen molar-refractivity contribution in [3.8, 4) is 0 Å². The summed E-state index contributed by atoms with van der Waals surface area (Å²) in [4.78, 5) is 25.9. The zero-order valence-electron chi connectivity index (χ0n) is 12.1. The quantitative estimate of drug-likeness (QED) is 0.864. The lowest BCUT2D eigenvalue weighted by Crippen LogP contribution is -2.42. The molecule has 6 heteroatoms. The van der Waals surface area contributed by atoms with Gasteiger partial charge >= 0.3 is 5.97 Å². The molecule has 23 heavy (non-hydrogen) atoms. The smallest absolute Gasteiger partial charge is 0.327 e. The highest BCUT2D eigenvalue weighted by Crippen LogP contribution is 2.42. The molecule has 4 nitrogen and oxygen atoms in total. The van der Waals surface area contributed by atoms with Gasteiger partial charge in [-0.25, -0.2) is 4.79 Å². The number of hydrogen-bond donors (Lipinski definition) is 1. The molecule has 1 heterocycles. The summed E-state index contributed by atoms with van der Waals surface area (Å²) in [5, 5.41) is 9.19. The average Bonchev–Trinajstić information content (AvgIpc) is 3.01. The predicted molar refractivity (Wildman–Crippen MR) is 93.4 cm³/mol. The van der Waals surface area contributed by atoms with E-state index in [-0.39, 0.29) is 11.3 Å². The van der Waals surface area contributed by atoms with Crippen LogP contribution < -0.4 is 0 Å².